The van der Waals surface area contributed by atoms with Crippen molar-refractivity contribution in [1.29, 1.82) is 0 Å². The smallest absolute Gasteiger partial charge is 0.123 e. The Morgan fingerprint density at radius 2 is 2.50 bits per heavy atom. The van der Waals surface area contributed by atoms with Crippen LogP contribution in [-0.4, -0.2) is 10.1 Å². The monoisotopic (exact) mass is 203 g/mol. The fourth-order valence-electron chi connectivity index (χ4n) is 1.19. The van der Waals surface area contributed by atoms with Gasteiger partial charge in [-0.25, -0.2) is 4.98 Å². The molecule has 1 aliphatic rings. The van der Waals surface area contributed by atoms with E-state index in [1.165, 1.54) is 24.2 Å². The fraction of sp³-hybridized carbons (Fsp3) is 0.625. The van der Waals surface area contributed by atoms with Gasteiger partial charge in [-0.2, -0.15) is 0 Å². The Kier molecular flexibility index (Phi) is 2.35. The Labute approximate surface area is 80.2 Å². The lowest BCUT2D eigenvalue weighted by Gasteiger charge is -2.04. The number of hydrogen-bond acceptors (Lipinski definition) is 3. The SMILES string of the molecule is OC(CC1CC1)c1ncc(Cl)s1. The van der Waals surface area contributed by atoms with Crippen LogP contribution < -0.4 is 0 Å². The van der Waals surface area contributed by atoms with Crippen LogP contribution >= 0.6 is 22.9 Å². The molecule has 0 aliphatic heterocycles. The second-order valence-corrected chi connectivity index (χ2v) is 4.89. The molecule has 0 aromatic carbocycles. The van der Waals surface area contributed by atoms with E-state index in [0.29, 0.717) is 4.34 Å². The quantitative estimate of drug-likeness (QED) is 0.820. The van der Waals surface area contributed by atoms with E-state index < -0.39 is 6.10 Å². The Hall–Kier alpha value is -0.120. The number of halogens is 1. The lowest BCUT2D eigenvalue weighted by atomic mass is 10.2. The molecule has 12 heavy (non-hydrogen) atoms. The molecule has 0 amide bonds. The Morgan fingerprint density at radius 3 is 3.00 bits per heavy atom. The first kappa shape index (κ1) is 8.48. The average Bonchev–Trinajstić information content (AvgIpc) is 2.72. The lowest BCUT2D eigenvalue weighted by Crippen LogP contribution is -1.96. The van der Waals surface area contributed by atoms with Gasteiger partial charge in [0.15, 0.2) is 0 Å². The molecule has 1 unspecified atom stereocenters. The highest BCUT2D eigenvalue weighted by molar-refractivity contribution is 7.15. The van der Waals surface area contributed by atoms with Crippen molar-refractivity contribution in [2.45, 2.75) is 25.4 Å². The maximum Gasteiger partial charge on any atom is 0.123 e. The summed E-state index contributed by atoms with van der Waals surface area (Å²) in [7, 11) is 0. The first-order valence-electron chi connectivity index (χ1n) is 4.05. The van der Waals surface area contributed by atoms with Crippen LogP contribution in [0.5, 0.6) is 0 Å². The van der Waals surface area contributed by atoms with E-state index in [1.54, 1.807) is 6.20 Å². The molecule has 1 heterocycles. The topological polar surface area (TPSA) is 33.1 Å². The van der Waals surface area contributed by atoms with Gasteiger partial charge in [0, 0.05) is 0 Å². The largest absolute Gasteiger partial charge is 0.386 e. The standard InChI is InChI=1S/C8H10ClNOS/c9-7-4-10-8(12-7)6(11)3-5-1-2-5/h4-6,11H,1-3H2. The number of aromatic nitrogens is 1. The van der Waals surface area contributed by atoms with Crippen molar-refractivity contribution in [2.24, 2.45) is 5.92 Å². The molecular weight excluding hydrogens is 194 g/mol. The van der Waals surface area contributed by atoms with Crippen LogP contribution in [0.1, 0.15) is 30.4 Å². The summed E-state index contributed by atoms with van der Waals surface area (Å²) in [5.41, 5.74) is 0. The second kappa shape index (κ2) is 3.32. The first-order chi connectivity index (χ1) is 5.75. The van der Waals surface area contributed by atoms with Gasteiger partial charge >= 0.3 is 0 Å². The van der Waals surface area contributed by atoms with Crippen LogP contribution in [0.4, 0.5) is 0 Å². The minimum absolute atomic E-state index is 0.394. The molecule has 1 fully saturated rings. The Bertz CT molecular complexity index is 272. The molecule has 2 rings (SSSR count). The number of aliphatic hydroxyl groups is 1. The molecule has 1 atom stereocenters. The van der Waals surface area contributed by atoms with Crippen molar-refractivity contribution in [3.63, 3.8) is 0 Å². The molecule has 2 nitrogen and oxygen atoms in total. The maximum atomic E-state index is 9.63. The summed E-state index contributed by atoms with van der Waals surface area (Å²) in [5.74, 6) is 0.725. The van der Waals surface area contributed by atoms with Gasteiger partial charge in [0.05, 0.1) is 6.20 Å². The van der Waals surface area contributed by atoms with Crippen molar-refractivity contribution in [3.8, 4) is 0 Å². The highest BCUT2D eigenvalue weighted by Gasteiger charge is 2.26. The zero-order chi connectivity index (χ0) is 8.55. The van der Waals surface area contributed by atoms with E-state index in [2.05, 4.69) is 4.98 Å². The molecule has 0 bridgehead atoms. The molecular formula is C8H10ClNOS. The van der Waals surface area contributed by atoms with Gasteiger partial charge in [-0.05, 0) is 12.3 Å². The molecule has 1 aromatic rings. The summed E-state index contributed by atoms with van der Waals surface area (Å²) in [6.45, 7) is 0. The van der Waals surface area contributed by atoms with Crippen molar-refractivity contribution in [2.75, 3.05) is 0 Å². The first-order valence-corrected chi connectivity index (χ1v) is 5.24. The molecule has 0 saturated heterocycles. The highest BCUT2D eigenvalue weighted by atomic mass is 35.5. The van der Waals surface area contributed by atoms with Crippen LogP contribution in [0.25, 0.3) is 0 Å². The number of rotatable bonds is 3. The van der Waals surface area contributed by atoms with Gasteiger partial charge in [-0.15, -0.1) is 11.3 Å². The number of nitrogens with zero attached hydrogens (tertiary/aromatic N) is 1. The van der Waals surface area contributed by atoms with Gasteiger partial charge in [0.1, 0.15) is 15.4 Å². The van der Waals surface area contributed by atoms with Crippen LogP contribution in [0.3, 0.4) is 0 Å². The third kappa shape index (κ3) is 1.97. The molecule has 1 saturated carbocycles. The molecule has 1 aromatic heterocycles. The molecule has 66 valence electrons. The molecule has 4 heteroatoms. The number of thiazole rings is 1. The van der Waals surface area contributed by atoms with E-state index in [-0.39, 0.29) is 0 Å². The summed E-state index contributed by atoms with van der Waals surface area (Å²) >= 11 is 7.07. The van der Waals surface area contributed by atoms with Crippen LogP contribution in [0.15, 0.2) is 6.20 Å². The van der Waals surface area contributed by atoms with Gasteiger partial charge in [0.2, 0.25) is 0 Å². The number of aliphatic hydroxyl groups excluding tert-OH is 1. The normalized spacial score (nSPS) is 19.5. The molecule has 0 spiro atoms. The summed E-state index contributed by atoms with van der Waals surface area (Å²) in [5, 5.41) is 10.4. The Balaban J connectivity index is 1.97. The van der Waals surface area contributed by atoms with Crippen LogP contribution in [-0.2, 0) is 0 Å². The molecule has 1 N–H and O–H groups in total. The predicted octanol–water partition coefficient (Wildman–Crippen LogP) is 2.63. The van der Waals surface area contributed by atoms with Crippen LogP contribution in [0, 0.1) is 5.92 Å². The average molecular weight is 204 g/mol. The summed E-state index contributed by atoms with van der Waals surface area (Å²) in [6.07, 6.45) is 4.57. The fourth-order valence-corrected chi connectivity index (χ4v) is 2.12. The summed E-state index contributed by atoms with van der Waals surface area (Å²) in [4.78, 5) is 4.03. The minimum atomic E-state index is -0.394. The van der Waals surface area contributed by atoms with Gasteiger partial charge in [-0.1, -0.05) is 24.4 Å². The van der Waals surface area contributed by atoms with Gasteiger partial charge < -0.3 is 5.11 Å². The number of hydrogen-bond donors (Lipinski definition) is 1. The summed E-state index contributed by atoms with van der Waals surface area (Å²) in [6, 6.07) is 0. The van der Waals surface area contributed by atoms with Crippen molar-refractivity contribution < 1.29 is 5.11 Å². The van der Waals surface area contributed by atoms with E-state index in [1.807, 2.05) is 0 Å². The third-order valence-corrected chi connectivity index (χ3v) is 3.25. The van der Waals surface area contributed by atoms with Crippen molar-refractivity contribution >= 4 is 22.9 Å². The minimum Gasteiger partial charge on any atom is -0.386 e. The van der Waals surface area contributed by atoms with E-state index >= 15 is 0 Å². The maximum absolute atomic E-state index is 9.63. The predicted molar refractivity (Wildman–Crippen MR) is 49.4 cm³/mol. The zero-order valence-electron chi connectivity index (χ0n) is 6.53. The van der Waals surface area contributed by atoms with Crippen molar-refractivity contribution in [1.82, 2.24) is 4.98 Å². The lowest BCUT2D eigenvalue weighted by molar-refractivity contribution is 0.160. The van der Waals surface area contributed by atoms with E-state index in [4.69, 9.17) is 11.6 Å². The highest BCUT2D eigenvalue weighted by Crippen LogP contribution is 2.38. The molecule has 1 aliphatic carbocycles. The molecule has 0 radical (unpaired) electrons. The zero-order valence-corrected chi connectivity index (χ0v) is 8.11. The van der Waals surface area contributed by atoms with E-state index in [9.17, 15) is 5.11 Å². The van der Waals surface area contributed by atoms with Gasteiger partial charge in [-0.3, -0.25) is 0 Å². The second-order valence-electron chi connectivity index (χ2n) is 3.20. The van der Waals surface area contributed by atoms with Crippen LogP contribution in [0.2, 0.25) is 4.34 Å². The third-order valence-electron chi connectivity index (χ3n) is 2.03. The Morgan fingerprint density at radius 1 is 1.75 bits per heavy atom. The summed E-state index contributed by atoms with van der Waals surface area (Å²) < 4.78 is 0.653. The van der Waals surface area contributed by atoms with Crippen molar-refractivity contribution in [3.05, 3.63) is 15.5 Å². The van der Waals surface area contributed by atoms with E-state index in [0.717, 1.165) is 17.3 Å². The van der Waals surface area contributed by atoms with Gasteiger partial charge in [0.25, 0.3) is 0 Å².